The summed E-state index contributed by atoms with van der Waals surface area (Å²) < 4.78 is 68.7. The Morgan fingerprint density at radius 3 is 0.724 bits per heavy atom. The minimum Gasteiger partial charge on any atom is -0.462 e. The third-order valence-electron chi connectivity index (χ3n) is 18.7. The van der Waals surface area contributed by atoms with Gasteiger partial charge in [0, 0.05) is 25.7 Å². The van der Waals surface area contributed by atoms with Crippen molar-refractivity contribution in [2.75, 3.05) is 39.6 Å². The van der Waals surface area contributed by atoms with E-state index < -0.39 is 97.5 Å². The van der Waals surface area contributed by atoms with Gasteiger partial charge in [0.05, 0.1) is 26.4 Å². The van der Waals surface area contributed by atoms with Gasteiger partial charge in [0.2, 0.25) is 0 Å². The number of phosphoric acid groups is 2. The zero-order valence-electron chi connectivity index (χ0n) is 64.4. The molecule has 0 rings (SSSR count). The lowest BCUT2D eigenvalue weighted by Gasteiger charge is -2.21. The van der Waals surface area contributed by atoms with Gasteiger partial charge in [-0.15, -0.1) is 0 Å². The van der Waals surface area contributed by atoms with Crippen LogP contribution in [0.15, 0.2) is 0 Å². The van der Waals surface area contributed by atoms with Crippen LogP contribution in [-0.2, 0) is 65.4 Å². The van der Waals surface area contributed by atoms with Gasteiger partial charge in [-0.1, -0.05) is 351 Å². The number of aliphatic hydroxyl groups excluding tert-OH is 1. The number of phosphoric ester groups is 2. The van der Waals surface area contributed by atoms with Crippen molar-refractivity contribution in [3.63, 3.8) is 0 Å². The number of ether oxygens (including phenoxy) is 4. The van der Waals surface area contributed by atoms with Crippen LogP contribution in [0.3, 0.4) is 0 Å². The molecule has 0 spiro atoms. The molecular formula is C79H154O17P2. The van der Waals surface area contributed by atoms with E-state index in [1.54, 1.807) is 0 Å². The first-order valence-electron chi connectivity index (χ1n) is 40.7. The van der Waals surface area contributed by atoms with Crippen LogP contribution in [0.25, 0.3) is 0 Å². The van der Waals surface area contributed by atoms with E-state index in [0.29, 0.717) is 25.7 Å². The van der Waals surface area contributed by atoms with E-state index in [2.05, 4.69) is 55.4 Å². The number of carbonyl (C=O) groups excluding carboxylic acids is 4. The van der Waals surface area contributed by atoms with Crippen molar-refractivity contribution < 1.29 is 80.2 Å². The van der Waals surface area contributed by atoms with E-state index in [4.69, 9.17) is 37.0 Å². The fourth-order valence-corrected chi connectivity index (χ4v) is 13.6. The van der Waals surface area contributed by atoms with Gasteiger partial charge in [0.15, 0.2) is 12.2 Å². The second-order valence-electron chi connectivity index (χ2n) is 30.1. The van der Waals surface area contributed by atoms with Crippen LogP contribution < -0.4 is 0 Å². The number of rotatable bonds is 76. The number of hydrogen-bond acceptors (Lipinski definition) is 15. The first kappa shape index (κ1) is 96.1. The maximum absolute atomic E-state index is 13.1. The molecule has 0 fully saturated rings. The molecule has 0 bridgehead atoms. The van der Waals surface area contributed by atoms with Crippen molar-refractivity contribution in [1.82, 2.24) is 0 Å². The van der Waals surface area contributed by atoms with Crippen LogP contribution in [0.1, 0.15) is 402 Å². The summed E-state index contributed by atoms with van der Waals surface area (Å²) in [5.41, 5.74) is 0. The number of aliphatic hydroxyl groups is 1. The van der Waals surface area contributed by atoms with Gasteiger partial charge in [0.25, 0.3) is 0 Å². The SMILES string of the molecule is CCC(C)CCCCCCCCCCCCC(=O)O[C@H](COC(=O)CCCCCCCCCCCC(C)C)COP(=O)(O)OC[C@H](O)COP(=O)(O)OC[C@@H](COC(=O)CCCCCCCCCCCCCC(C)C)OC(=O)CCCCCCCCCCCCCCCCCC(C)C. The van der Waals surface area contributed by atoms with E-state index >= 15 is 0 Å². The lowest BCUT2D eigenvalue weighted by molar-refractivity contribution is -0.161. The molecule has 0 aliphatic carbocycles. The zero-order valence-corrected chi connectivity index (χ0v) is 66.2. The molecule has 0 aliphatic heterocycles. The van der Waals surface area contributed by atoms with Crippen molar-refractivity contribution in [1.29, 1.82) is 0 Å². The predicted octanol–water partition coefficient (Wildman–Crippen LogP) is 23.2. The lowest BCUT2D eigenvalue weighted by atomic mass is 9.99. The standard InChI is InChI=1S/C79H154O17P2/c1-9-72(8)58-50-42-34-26-20-21-29-38-46-54-62-79(84)96-75(66-90-77(82)60-52-44-36-30-22-25-33-41-49-57-71(6)7)68-94-98(87,88)92-64-73(80)63-91-97(85,86)93-67-74(65-89-76(81)59-51-43-35-27-19-15-17-24-32-40-48-56-70(4)5)95-78(83)61-53-45-37-28-18-14-12-10-11-13-16-23-31-39-47-55-69(2)3/h69-75,80H,9-68H2,1-8H3,(H,85,86)(H,87,88)/t72?,73-,74-,75-/m1/s1. The quantitative estimate of drug-likeness (QED) is 0.0222. The molecule has 582 valence electrons. The highest BCUT2D eigenvalue weighted by Crippen LogP contribution is 2.45. The second kappa shape index (κ2) is 68.2. The monoisotopic (exact) mass is 1440 g/mol. The third-order valence-corrected chi connectivity index (χ3v) is 20.6. The molecule has 3 unspecified atom stereocenters. The highest BCUT2D eigenvalue weighted by molar-refractivity contribution is 7.47. The maximum atomic E-state index is 13.1. The Balaban J connectivity index is 5.27. The average molecular weight is 1440 g/mol. The topological polar surface area (TPSA) is 237 Å². The van der Waals surface area contributed by atoms with Gasteiger partial charge in [-0.25, -0.2) is 9.13 Å². The Labute approximate surface area is 600 Å². The first-order valence-corrected chi connectivity index (χ1v) is 43.7. The number of carbonyl (C=O) groups is 4. The summed E-state index contributed by atoms with van der Waals surface area (Å²) in [5, 5.41) is 10.6. The van der Waals surface area contributed by atoms with Gasteiger partial charge in [-0.05, 0) is 49.4 Å². The van der Waals surface area contributed by atoms with Gasteiger partial charge in [0.1, 0.15) is 19.3 Å². The van der Waals surface area contributed by atoms with Gasteiger partial charge < -0.3 is 33.8 Å². The summed E-state index contributed by atoms with van der Waals surface area (Å²) in [6, 6.07) is 0. The average Bonchev–Trinajstić information content (AvgIpc) is 1.04. The molecule has 0 aromatic rings. The summed E-state index contributed by atoms with van der Waals surface area (Å²) in [6.45, 7) is 14.3. The number of unbranched alkanes of at least 4 members (excludes halogenated alkanes) is 41. The summed E-state index contributed by atoms with van der Waals surface area (Å²) in [6.07, 6.45) is 54.0. The zero-order chi connectivity index (χ0) is 72.4. The molecule has 0 radical (unpaired) electrons. The van der Waals surface area contributed by atoms with Crippen LogP contribution in [0.4, 0.5) is 0 Å². The molecular weight excluding hydrogens is 1280 g/mol. The fraction of sp³-hybridized carbons (Fsp3) is 0.949. The van der Waals surface area contributed by atoms with E-state index in [1.807, 2.05) is 0 Å². The highest BCUT2D eigenvalue weighted by atomic mass is 31.2. The molecule has 19 heteroatoms. The number of hydrogen-bond donors (Lipinski definition) is 3. The first-order chi connectivity index (χ1) is 47.1. The lowest BCUT2D eigenvalue weighted by Crippen LogP contribution is -2.30. The molecule has 0 amide bonds. The van der Waals surface area contributed by atoms with Crippen LogP contribution in [0.5, 0.6) is 0 Å². The third kappa shape index (κ3) is 71.1. The Kier molecular flexibility index (Phi) is 66.8. The van der Waals surface area contributed by atoms with Crippen LogP contribution in [-0.4, -0.2) is 96.7 Å². The summed E-state index contributed by atoms with van der Waals surface area (Å²) in [4.78, 5) is 73.0. The second-order valence-corrected chi connectivity index (χ2v) is 33.0. The van der Waals surface area contributed by atoms with Crippen LogP contribution in [0, 0.1) is 23.7 Å². The Bertz CT molecular complexity index is 1920. The van der Waals surface area contributed by atoms with Gasteiger partial charge in [-0.2, -0.15) is 0 Å². The van der Waals surface area contributed by atoms with E-state index in [9.17, 15) is 43.2 Å². The van der Waals surface area contributed by atoms with Gasteiger partial charge in [-0.3, -0.25) is 37.3 Å². The van der Waals surface area contributed by atoms with Crippen LogP contribution in [0.2, 0.25) is 0 Å². The van der Waals surface area contributed by atoms with Crippen molar-refractivity contribution in [2.45, 2.75) is 420 Å². The molecule has 0 saturated carbocycles. The maximum Gasteiger partial charge on any atom is 0.472 e. The molecule has 0 aliphatic rings. The molecule has 0 aromatic heterocycles. The molecule has 6 atom stereocenters. The fourth-order valence-electron chi connectivity index (χ4n) is 12.0. The Hall–Kier alpha value is -1.94. The summed E-state index contributed by atoms with van der Waals surface area (Å²) in [5.74, 6) is 1.00. The van der Waals surface area contributed by atoms with Crippen molar-refractivity contribution in [2.24, 2.45) is 23.7 Å². The largest absolute Gasteiger partial charge is 0.472 e. The predicted molar refractivity (Wildman–Crippen MR) is 400 cm³/mol. The summed E-state index contributed by atoms with van der Waals surface area (Å²) in [7, 11) is -9.92. The summed E-state index contributed by atoms with van der Waals surface area (Å²) >= 11 is 0. The molecule has 0 heterocycles. The Morgan fingerprint density at radius 1 is 0.286 bits per heavy atom. The van der Waals surface area contributed by atoms with Crippen LogP contribution >= 0.6 is 15.6 Å². The minimum absolute atomic E-state index is 0.106. The highest BCUT2D eigenvalue weighted by Gasteiger charge is 2.30. The van der Waals surface area contributed by atoms with E-state index in [-0.39, 0.29) is 25.7 Å². The minimum atomic E-state index is -4.96. The Morgan fingerprint density at radius 2 is 0.490 bits per heavy atom. The van der Waals surface area contributed by atoms with E-state index in [1.165, 1.54) is 205 Å². The molecule has 0 saturated heterocycles. The molecule has 98 heavy (non-hydrogen) atoms. The smallest absolute Gasteiger partial charge is 0.462 e. The molecule has 3 N–H and O–H groups in total. The molecule has 0 aromatic carbocycles. The van der Waals surface area contributed by atoms with Crippen molar-refractivity contribution in [3.05, 3.63) is 0 Å². The molecule has 17 nitrogen and oxygen atoms in total. The van der Waals surface area contributed by atoms with Gasteiger partial charge >= 0.3 is 39.5 Å². The van der Waals surface area contributed by atoms with Crippen molar-refractivity contribution >= 4 is 39.5 Å². The van der Waals surface area contributed by atoms with Crippen molar-refractivity contribution in [3.8, 4) is 0 Å². The van der Waals surface area contributed by atoms with E-state index in [0.717, 1.165) is 114 Å². The number of esters is 4. The normalized spacial score (nSPS) is 14.3.